The summed E-state index contributed by atoms with van der Waals surface area (Å²) in [6, 6.07) is 46.2. The molecular weight excluding hydrogens is 488 g/mol. The van der Waals surface area contributed by atoms with Crippen LogP contribution in [0.2, 0.25) is 0 Å². The normalized spacial score (nSPS) is 11.6. The summed E-state index contributed by atoms with van der Waals surface area (Å²) < 4.78 is 1.16. The molecule has 7 aromatic rings. The van der Waals surface area contributed by atoms with Crippen molar-refractivity contribution in [2.75, 3.05) is 0 Å². The van der Waals surface area contributed by atoms with E-state index in [1.54, 1.807) is 0 Å². The molecule has 1 heteroatoms. The lowest BCUT2D eigenvalue weighted by atomic mass is 9.89. The van der Waals surface area contributed by atoms with E-state index in [9.17, 15) is 0 Å². The van der Waals surface area contributed by atoms with Gasteiger partial charge in [-0.25, -0.2) is 0 Å². The maximum atomic E-state index is 3.89. The van der Waals surface area contributed by atoms with Crippen molar-refractivity contribution in [3.05, 3.63) is 132 Å². The van der Waals surface area contributed by atoms with Crippen LogP contribution in [-0.2, 0) is 0 Å². The summed E-state index contributed by atoms with van der Waals surface area (Å²) >= 11 is 3.89. The highest BCUT2D eigenvalue weighted by Crippen LogP contribution is 2.43. The summed E-state index contributed by atoms with van der Waals surface area (Å²) in [6.45, 7) is 0. The predicted octanol–water partition coefficient (Wildman–Crippen LogP) is 10.4. The molecule has 0 fully saturated rings. The molecule has 0 nitrogen and oxygen atoms in total. The van der Waals surface area contributed by atoms with Crippen molar-refractivity contribution in [1.29, 1.82) is 0 Å². The van der Waals surface area contributed by atoms with E-state index in [1.165, 1.54) is 65.3 Å². The second-order valence-corrected chi connectivity index (χ2v) is 9.84. The van der Waals surface area contributed by atoms with Crippen LogP contribution >= 0.6 is 15.9 Å². The molecule has 0 aliphatic carbocycles. The lowest BCUT2D eigenvalue weighted by molar-refractivity contribution is 1.64. The molecule has 0 aromatic heterocycles. The van der Waals surface area contributed by atoms with E-state index in [-0.39, 0.29) is 0 Å². The first-order valence-electron chi connectivity index (χ1n) is 11.9. The Morgan fingerprint density at radius 3 is 1.57 bits per heavy atom. The molecule has 0 aliphatic rings. The van der Waals surface area contributed by atoms with Gasteiger partial charge in [0.2, 0.25) is 0 Å². The molecule has 0 heterocycles. The minimum atomic E-state index is 1.16. The zero-order valence-corrected chi connectivity index (χ0v) is 20.6. The first-order chi connectivity index (χ1) is 17.3. The molecule has 0 unspecified atom stereocenters. The third kappa shape index (κ3) is 3.20. The average Bonchev–Trinajstić information content (AvgIpc) is 2.93. The van der Waals surface area contributed by atoms with E-state index in [0.29, 0.717) is 0 Å². The first-order valence-corrected chi connectivity index (χ1v) is 12.7. The minimum Gasteiger partial charge on any atom is -0.0616 e. The fraction of sp³-hybridized carbons (Fsp3) is 0. The van der Waals surface area contributed by atoms with Gasteiger partial charge < -0.3 is 0 Å². The van der Waals surface area contributed by atoms with E-state index >= 15 is 0 Å². The number of hydrogen-bond acceptors (Lipinski definition) is 0. The van der Waals surface area contributed by atoms with Crippen molar-refractivity contribution in [2.45, 2.75) is 0 Å². The van der Waals surface area contributed by atoms with E-state index in [0.717, 1.165) is 4.47 Å². The van der Waals surface area contributed by atoms with Gasteiger partial charge in [-0.3, -0.25) is 0 Å². The number of rotatable bonds is 2. The second-order valence-electron chi connectivity index (χ2n) is 9.05. The first kappa shape index (κ1) is 20.4. The highest BCUT2D eigenvalue weighted by atomic mass is 79.9. The van der Waals surface area contributed by atoms with Crippen LogP contribution in [0.3, 0.4) is 0 Å². The second kappa shape index (κ2) is 8.08. The molecule has 35 heavy (non-hydrogen) atoms. The lowest BCUT2D eigenvalue weighted by Gasteiger charge is -2.16. The summed E-state index contributed by atoms with van der Waals surface area (Å²) in [5, 5.41) is 10.2. The molecule has 0 bridgehead atoms. The molecule has 0 saturated heterocycles. The Morgan fingerprint density at radius 1 is 0.371 bits per heavy atom. The van der Waals surface area contributed by atoms with Crippen LogP contribution in [0.4, 0.5) is 0 Å². The fourth-order valence-corrected chi connectivity index (χ4v) is 6.21. The molecule has 0 amide bonds. The molecule has 0 atom stereocenters. The van der Waals surface area contributed by atoms with Gasteiger partial charge in [0.1, 0.15) is 0 Å². The molecule has 164 valence electrons. The summed E-state index contributed by atoms with van der Waals surface area (Å²) in [4.78, 5) is 0. The van der Waals surface area contributed by atoms with Crippen molar-refractivity contribution in [1.82, 2.24) is 0 Å². The number of fused-ring (bicyclic) bond motifs is 5. The number of benzene rings is 7. The molecule has 0 saturated carbocycles. The van der Waals surface area contributed by atoms with Gasteiger partial charge in [0.15, 0.2) is 0 Å². The van der Waals surface area contributed by atoms with E-state index in [4.69, 9.17) is 0 Å². The number of hydrogen-bond donors (Lipinski definition) is 0. The number of halogens is 1. The van der Waals surface area contributed by atoms with Crippen molar-refractivity contribution in [3.63, 3.8) is 0 Å². The van der Waals surface area contributed by atoms with Crippen LogP contribution in [0.1, 0.15) is 0 Å². The Balaban J connectivity index is 1.55. The predicted molar refractivity (Wildman–Crippen MR) is 155 cm³/mol. The fourth-order valence-electron chi connectivity index (χ4n) is 5.52. The van der Waals surface area contributed by atoms with E-state index < -0.39 is 0 Å². The average molecular weight is 509 g/mol. The standard InChI is InChI=1S/C34H21Br/c35-34-30-18-7-5-16-28(30)33(29-17-6-8-19-31(29)34)24-12-9-11-22(20-24)32-21-23-10-1-2-13-25(23)26-14-3-4-15-27(26)32/h1-21H. The molecule has 0 aliphatic heterocycles. The molecule has 0 N–H and O–H groups in total. The third-order valence-corrected chi connectivity index (χ3v) is 7.95. The van der Waals surface area contributed by atoms with Crippen LogP contribution in [0.15, 0.2) is 132 Å². The molecule has 7 aromatic carbocycles. The van der Waals surface area contributed by atoms with Crippen molar-refractivity contribution >= 4 is 59.0 Å². The van der Waals surface area contributed by atoms with Gasteiger partial charge >= 0.3 is 0 Å². The van der Waals surface area contributed by atoms with Gasteiger partial charge in [-0.1, -0.05) is 115 Å². The molecule has 0 radical (unpaired) electrons. The summed E-state index contributed by atoms with van der Waals surface area (Å²) in [5.41, 5.74) is 5.03. The Hall–Kier alpha value is -3.94. The maximum absolute atomic E-state index is 3.89. The van der Waals surface area contributed by atoms with Crippen LogP contribution in [0.5, 0.6) is 0 Å². The van der Waals surface area contributed by atoms with E-state index in [1.807, 2.05) is 0 Å². The SMILES string of the molecule is Brc1c2ccccc2c(-c2cccc(-c3cc4ccccc4c4ccccc34)c2)c2ccccc12. The van der Waals surface area contributed by atoms with Gasteiger partial charge in [-0.05, 0) is 93.4 Å². The monoisotopic (exact) mass is 508 g/mol. The molecule has 0 spiro atoms. The largest absolute Gasteiger partial charge is 0.0616 e. The Morgan fingerprint density at radius 2 is 0.886 bits per heavy atom. The lowest BCUT2D eigenvalue weighted by Crippen LogP contribution is -1.89. The summed E-state index contributed by atoms with van der Waals surface area (Å²) in [5.74, 6) is 0. The third-order valence-electron chi connectivity index (χ3n) is 7.10. The van der Waals surface area contributed by atoms with E-state index in [2.05, 4.69) is 143 Å². The van der Waals surface area contributed by atoms with Crippen molar-refractivity contribution in [3.8, 4) is 22.3 Å². The summed E-state index contributed by atoms with van der Waals surface area (Å²) in [6.07, 6.45) is 0. The van der Waals surface area contributed by atoms with Crippen LogP contribution < -0.4 is 0 Å². The zero-order valence-electron chi connectivity index (χ0n) is 19.0. The summed E-state index contributed by atoms with van der Waals surface area (Å²) in [7, 11) is 0. The topological polar surface area (TPSA) is 0 Å². The highest BCUT2D eigenvalue weighted by Gasteiger charge is 2.15. The Bertz CT molecular complexity index is 1860. The quantitative estimate of drug-likeness (QED) is 0.161. The minimum absolute atomic E-state index is 1.16. The van der Waals surface area contributed by atoms with Crippen LogP contribution in [-0.4, -0.2) is 0 Å². The van der Waals surface area contributed by atoms with Gasteiger partial charge in [-0.15, -0.1) is 0 Å². The molecular formula is C34H21Br. The Kier molecular flexibility index (Phi) is 4.72. The van der Waals surface area contributed by atoms with Gasteiger partial charge in [0.25, 0.3) is 0 Å². The highest BCUT2D eigenvalue weighted by molar-refractivity contribution is 9.10. The smallest absolute Gasteiger partial charge is 0.0332 e. The zero-order chi connectivity index (χ0) is 23.4. The van der Waals surface area contributed by atoms with Crippen molar-refractivity contribution in [2.24, 2.45) is 0 Å². The van der Waals surface area contributed by atoms with Crippen LogP contribution in [0.25, 0.3) is 65.3 Å². The van der Waals surface area contributed by atoms with Gasteiger partial charge in [0.05, 0.1) is 0 Å². The maximum Gasteiger partial charge on any atom is 0.0332 e. The van der Waals surface area contributed by atoms with Crippen molar-refractivity contribution < 1.29 is 0 Å². The van der Waals surface area contributed by atoms with Gasteiger partial charge in [0, 0.05) is 4.47 Å². The molecule has 7 rings (SSSR count). The Labute approximate surface area is 212 Å². The van der Waals surface area contributed by atoms with Crippen LogP contribution in [0, 0.1) is 0 Å². The van der Waals surface area contributed by atoms with Gasteiger partial charge in [-0.2, -0.15) is 0 Å².